The van der Waals surface area contributed by atoms with Crippen LogP contribution in [0.4, 0.5) is 11.4 Å². The molecule has 4 aromatic rings. The first-order chi connectivity index (χ1) is 16.3. The second kappa shape index (κ2) is 8.52. The fourth-order valence-electron chi connectivity index (χ4n) is 4.33. The summed E-state index contributed by atoms with van der Waals surface area (Å²) >= 11 is 0. The largest absolute Gasteiger partial charge is 0.446 e. The Hall–Kier alpha value is -3.96. The van der Waals surface area contributed by atoms with Crippen molar-refractivity contribution in [1.82, 2.24) is 0 Å². The molecule has 0 saturated carbocycles. The van der Waals surface area contributed by atoms with Gasteiger partial charge < -0.3 is 19.3 Å². The van der Waals surface area contributed by atoms with E-state index in [-0.39, 0.29) is 0 Å². The molecule has 0 bridgehead atoms. The van der Waals surface area contributed by atoms with E-state index in [9.17, 15) is 0 Å². The quantitative estimate of drug-likeness (QED) is 0.406. The molecule has 2 aliphatic heterocycles. The molecular weight excluding hydrogens is 412 g/mol. The Morgan fingerprint density at radius 1 is 0.515 bits per heavy atom. The molecule has 5 heteroatoms. The number of nitrogens with zero attached hydrogens (tertiary/aromatic N) is 2. The first kappa shape index (κ1) is 19.7. The van der Waals surface area contributed by atoms with Gasteiger partial charge >= 0.3 is 0 Å². The molecule has 33 heavy (non-hydrogen) atoms. The number of rotatable bonds is 4. The van der Waals surface area contributed by atoms with Crippen molar-refractivity contribution in [2.75, 3.05) is 9.80 Å². The third-order valence-electron chi connectivity index (χ3n) is 6.00. The second-order valence-corrected chi connectivity index (χ2v) is 8.13. The number of hydrogen-bond acceptors (Lipinski definition) is 5. The zero-order valence-electron chi connectivity index (χ0n) is 18.1. The third-order valence-corrected chi connectivity index (χ3v) is 6.00. The smallest absolute Gasteiger partial charge is 0.288 e. The van der Waals surface area contributed by atoms with Gasteiger partial charge in [-0.05, 0) is 36.4 Å². The SMILES string of the molecule is c1ccc(N2Cc3ccccc3OC2OC2Oc3ccccc3CN2c2ccccc2)cc1. The van der Waals surface area contributed by atoms with Crippen molar-refractivity contribution in [2.24, 2.45) is 0 Å². The van der Waals surface area contributed by atoms with Crippen LogP contribution in [0, 0.1) is 0 Å². The highest BCUT2D eigenvalue weighted by Crippen LogP contribution is 2.36. The molecule has 0 spiro atoms. The van der Waals surface area contributed by atoms with Gasteiger partial charge in [-0.2, -0.15) is 0 Å². The van der Waals surface area contributed by atoms with Gasteiger partial charge in [0, 0.05) is 22.5 Å². The van der Waals surface area contributed by atoms with Crippen LogP contribution in [-0.2, 0) is 17.8 Å². The average molecular weight is 437 g/mol. The maximum atomic E-state index is 6.59. The van der Waals surface area contributed by atoms with Crippen molar-refractivity contribution >= 4 is 11.4 Å². The van der Waals surface area contributed by atoms with Crippen LogP contribution in [0.25, 0.3) is 0 Å². The monoisotopic (exact) mass is 436 g/mol. The van der Waals surface area contributed by atoms with Crippen LogP contribution in [0.1, 0.15) is 11.1 Å². The van der Waals surface area contributed by atoms with E-state index < -0.39 is 12.8 Å². The molecule has 0 radical (unpaired) electrons. The standard InChI is InChI=1S/C28H24N2O3/c1-3-13-23(14-4-1)29-19-21-11-7-9-17-25(21)31-27(29)33-28-30(24-15-5-2-6-16-24)20-22-12-8-10-18-26(22)32-28/h1-18,27-28H,19-20H2. The molecule has 164 valence electrons. The first-order valence-electron chi connectivity index (χ1n) is 11.1. The van der Waals surface area contributed by atoms with Crippen LogP contribution in [-0.4, -0.2) is 12.8 Å². The van der Waals surface area contributed by atoms with Crippen molar-refractivity contribution in [3.8, 4) is 11.5 Å². The Balaban J connectivity index is 1.36. The highest BCUT2D eigenvalue weighted by atomic mass is 16.8. The van der Waals surface area contributed by atoms with E-state index in [4.69, 9.17) is 14.2 Å². The van der Waals surface area contributed by atoms with Crippen LogP contribution in [0.2, 0.25) is 0 Å². The fourth-order valence-corrected chi connectivity index (χ4v) is 4.33. The van der Waals surface area contributed by atoms with E-state index in [0.29, 0.717) is 13.1 Å². The molecule has 2 heterocycles. The summed E-state index contributed by atoms with van der Waals surface area (Å²) in [5, 5.41) is 0. The lowest BCUT2D eigenvalue weighted by Gasteiger charge is -2.43. The Bertz CT molecular complexity index is 1140. The third kappa shape index (κ3) is 3.88. The molecule has 0 aromatic heterocycles. The zero-order chi connectivity index (χ0) is 22.0. The normalized spacial score (nSPS) is 19.2. The second-order valence-electron chi connectivity index (χ2n) is 8.13. The van der Waals surface area contributed by atoms with Crippen LogP contribution in [0.3, 0.4) is 0 Å². The van der Waals surface area contributed by atoms with E-state index in [0.717, 1.165) is 34.0 Å². The van der Waals surface area contributed by atoms with Gasteiger partial charge in [-0.25, -0.2) is 0 Å². The van der Waals surface area contributed by atoms with Gasteiger partial charge in [-0.15, -0.1) is 0 Å². The number of hydrogen-bond donors (Lipinski definition) is 0. The number of fused-ring (bicyclic) bond motifs is 2. The zero-order valence-corrected chi connectivity index (χ0v) is 18.1. The molecule has 5 nitrogen and oxygen atoms in total. The van der Waals surface area contributed by atoms with Gasteiger partial charge in [0.25, 0.3) is 12.8 Å². The van der Waals surface area contributed by atoms with E-state index in [2.05, 4.69) is 46.2 Å². The number of benzene rings is 4. The lowest BCUT2D eigenvalue weighted by Crippen LogP contribution is -2.53. The minimum atomic E-state index is -0.649. The Morgan fingerprint density at radius 3 is 1.36 bits per heavy atom. The fraction of sp³-hybridized carbons (Fsp3) is 0.143. The molecule has 0 aliphatic carbocycles. The van der Waals surface area contributed by atoms with E-state index in [1.807, 2.05) is 72.8 Å². The molecule has 2 aliphatic rings. The maximum absolute atomic E-state index is 6.59. The van der Waals surface area contributed by atoms with Gasteiger partial charge in [0.05, 0.1) is 13.1 Å². The molecular formula is C28H24N2O3. The molecule has 2 atom stereocenters. The molecule has 0 amide bonds. The minimum Gasteiger partial charge on any atom is -0.446 e. The summed E-state index contributed by atoms with van der Waals surface area (Å²) in [7, 11) is 0. The average Bonchev–Trinajstić information content (AvgIpc) is 2.89. The molecule has 2 unspecified atom stereocenters. The first-order valence-corrected chi connectivity index (χ1v) is 11.1. The van der Waals surface area contributed by atoms with Crippen LogP contribution in [0.5, 0.6) is 11.5 Å². The molecule has 0 fully saturated rings. The lowest BCUT2D eigenvalue weighted by atomic mass is 10.1. The Labute approximate surface area is 193 Å². The summed E-state index contributed by atoms with van der Waals surface area (Å²) in [4.78, 5) is 4.24. The molecule has 6 rings (SSSR count). The van der Waals surface area contributed by atoms with Crippen LogP contribution < -0.4 is 19.3 Å². The predicted octanol–water partition coefficient (Wildman–Crippen LogP) is 5.77. The van der Waals surface area contributed by atoms with Crippen molar-refractivity contribution < 1.29 is 14.2 Å². The highest BCUT2D eigenvalue weighted by molar-refractivity contribution is 5.52. The molecule has 4 aromatic carbocycles. The number of para-hydroxylation sites is 4. The highest BCUT2D eigenvalue weighted by Gasteiger charge is 2.36. The van der Waals surface area contributed by atoms with Gasteiger partial charge in [0.15, 0.2) is 0 Å². The van der Waals surface area contributed by atoms with Crippen molar-refractivity contribution in [1.29, 1.82) is 0 Å². The number of ether oxygens (including phenoxy) is 3. The summed E-state index contributed by atoms with van der Waals surface area (Å²) in [5.74, 6) is 1.66. The predicted molar refractivity (Wildman–Crippen MR) is 128 cm³/mol. The van der Waals surface area contributed by atoms with Gasteiger partial charge in [-0.3, -0.25) is 4.74 Å². The van der Waals surface area contributed by atoms with Crippen molar-refractivity contribution in [2.45, 2.75) is 25.9 Å². The van der Waals surface area contributed by atoms with Crippen molar-refractivity contribution in [3.63, 3.8) is 0 Å². The molecule has 0 saturated heterocycles. The van der Waals surface area contributed by atoms with Crippen LogP contribution >= 0.6 is 0 Å². The lowest BCUT2D eigenvalue weighted by molar-refractivity contribution is -0.192. The summed E-state index contributed by atoms with van der Waals surface area (Å²) in [6.07, 6.45) is -1.30. The number of anilines is 2. The van der Waals surface area contributed by atoms with E-state index in [1.54, 1.807) is 0 Å². The van der Waals surface area contributed by atoms with E-state index in [1.165, 1.54) is 0 Å². The summed E-state index contributed by atoms with van der Waals surface area (Å²) in [5.41, 5.74) is 4.30. The van der Waals surface area contributed by atoms with E-state index >= 15 is 0 Å². The summed E-state index contributed by atoms with van der Waals surface area (Å²) in [6.45, 7) is 1.36. The van der Waals surface area contributed by atoms with Gasteiger partial charge in [-0.1, -0.05) is 72.8 Å². The summed E-state index contributed by atoms with van der Waals surface area (Å²) < 4.78 is 19.3. The molecule has 0 N–H and O–H groups in total. The minimum absolute atomic E-state index is 0.649. The maximum Gasteiger partial charge on any atom is 0.288 e. The van der Waals surface area contributed by atoms with Gasteiger partial charge in [0.1, 0.15) is 11.5 Å². The Morgan fingerprint density at radius 2 is 0.909 bits per heavy atom. The summed E-state index contributed by atoms with van der Waals surface area (Å²) in [6, 6.07) is 36.6. The Kier molecular flexibility index (Phi) is 5.09. The van der Waals surface area contributed by atoms with Crippen LogP contribution in [0.15, 0.2) is 109 Å². The van der Waals surface area contributed by atoms with Crippen molar-refractivity contribution in [3.05, 3.63) is 120 Å². The topological polar surface area (TPSA) is 34.2 Å². The van der Waals surface area contributed by atoms with Gasteiger partial charge in [0.2, 0.25) is 0 Å².